The van der Waals surface area contributed by atoms with Crippen LogP contribution in [0, 0.1) is 5.92 Å². The molecule has 0 radical (unpaired) electrons. The van der Waals surface area contributed by atoms with Crippen LogP contribution in [0.3, 0.4) is 0 Å². The van der Waals surface area contributed by atoms with Crippen LogP contribution in [-0.2, 0) is 0 Å². The van der Waals surface area contributed by atoms with E-state index in [1.807, 2.05) is 18.5 Å². The van der Waals surface area contributed by atoms with Gasteiger partial charge < -0.3 is 20.0 Å². The molecule has 3 aliphatic heterocycles. The maximum Gasteiger partial charge on any atom is 0.227 e. The van der Waals surface area contributed by atoms with Gasteiger partial charge in [0.2, 0.25) is 5.95 Å². The minimum atomic E-state index is 0.256. The molecule has 6 heterocycles. The SMILES string of the molecule is CC1CCCN(c2nccc(Nc3cc4c(C(C)C)cnc(N5CCC56CCN(C)CC6)c4cn3)n2)C1. The Morgan fingerprint density at radius 1 is 0.973 bits per heavy atom. The molecule has 3 saturated heterocycles. The maximum atomic E-state index is 5.03. The highest BCUT2D eigenvalue weighted by Crippen LogP contribution is 2.45. The molecule has 37 heavy (non-hydrogen) atoms. The van der Waals surface area contributed by atoms with Crippen LogP contribution in [0.15, 0.2) is 30.7 Å². The largest absolute Gasteiger partial charge is 0.350 e. The highest BCUT2D eigenvalue weighted by molar-refractivity contribution is 5.96. The van der Waals surface area contributed by atoms with E-state index in [1.54, 1.807) is 0 Å². The van der Waals surface area contributed by atoms with Crippen molar-refractivity contribution >= 4 is 34.2 Å². The van der Waals surface area contributed by atoms with Gasteiger partial charge in [-0.3, -0.25) is 0 Å². The normalized spacial score (nSPS) is 22.0. The number of nitrogens with zero attached hydrogens (tertiary/aromatic N) is 7. The topological polar surface area (TPSA) is 73.3 Å². The van der Waals surface area contributed by atoms with E-state index in [4.69, 9.17) is 15.0 Å². The fourth-order valence-electron chi connectivity index (χ4n) is 6.38. The summed E-state index contributed by atoms with van der Waals surface area (Å²) in [5, 5.41) is 5.84. The highest BCUT2D eigenvalue weighted by atomic mass is 15.3. The number of piperidine rings is 2. The highest BCUT2D eigenvalue weighted by Gasteiger charge is 2.47. The Morgan fingerprint density at radius 3 is 2.51 bits per heavy atom. The van der Waals surface area contributed by atoms with Crippen molar-refractivity contribution in [2.75, 3.05) is 54.9 Å². The second kappa shape index (κ2) is 9.71. The molecule has 3 aromatic rings. The number of hydrogen-bond donors (Lipinski definition) is 1. The third kappa shape index (κ3) is 4.60. The molecule has 1 atom stereocenters. The van der Waals surface area contributed by atoms with Crippen molar-refractivity contribution in [3.63, 3.8) is 0 Å². The van der Waals surface area contributed by atoms with Crippen LogP contribution in [0.4, 0.5) is 23.4 Å². The summed E-state index contributed by atoms with van der Waals surface area (Å²) in [6.07, 6.45) is 12.1. The molecule has 3 aromatic heterocycles. The van der Waals surface area contributed by atoms with E-state index in [2.05, 4.69) is 65.1 Å². The molecule has 0 aromatic carbocycles. The first-order chi connectivity index (χ1) is 17.9. The van der Waals surface area contributed by atoms with E-state index in [0.717, 1.165) is 61.5 Å². The maximum absolute atomic E-state index is 5.03. The van der Waals surface area contributed by atoms with E-state index in [-0.39, 0.29) is 5.54 Å². The number of aromatic nitrogens is 4. The molecule has 8 nitrogen and oxygen atoms in total. The fraction of sp³-hybridized carbons (Fsp3) is 0.586. The molecule has 1 unspecified atom stereocenters. The molecule has 3 fully saturated rings. The zero-order valence-electron chi connectivity index (χ0n) is 22.7. The molecular weight excluding hydrogens is 460 g/mol. The lowest BCUT2D eigenvalue weighted by molar-refractivity contribution is 0.134. The number of pyridine rings is 2. The second-order valence-corrected chi connectivity index (χ2v) is 11.8. The first kappa shape index (κ1) is 24.3. The Morgan fingerprint density at radius 2 is 1.78 bits per heavy atom. The number of fused-ring (bicyclic) bond motifs is 1. The van der Waals surface area contributed by atoms with Gasteiger partial charge in [0.1, 0.15) is 17.5 Å². The Hall–Kier alpha value is -3.00. The van der Waals surface area contributed by atoms with Crippen LogP contribution in [0.25, 0.3) is 10.8 Å². The minimum Gasteiger partial charge on any atom is -0.350 e. The molecule has 196 valence electrons. The van der Waals surface area contributed by atoms with Crippen molar-refractivity contribution in [2.45, 2.75) is 64.3 Å². The van der Waals surface area contributed by atoms with Crippen LogP contribution >= 0.6 is 0 Å². The van der Waals surface area contributed by atoms with Gasteiger partial charge in [0.15, 0.2) is 0 Å². The summed E-state index contributed by atoms with van der Waals surface area (Å²) in [7, 11) is 2.23. The lowest BCUT2D eigenvalue weighted by atomic mass is 9.76. The van der Waals surface area contributed by atoms with Gasteiger partial charge in [-0.1, -0.05) is 20.8 Å². The second-order valence-electron chi connectivity index (χ2n) is 11.8. The molecule has 3 aliphatic rings. The van der Waals surface area contributed by atoms with E-state index >= 15 is 0 Å². The monoisotopic (exact) mass is 500 g/mol. The van der Waals surface area contributed by atoms with Crippen LogP contribution < -0.4 is 15.1 Å². The molecule has 0 saturated carbocycles. The molecule has 0 bridgehead atoms. The zero-order chi connectivity index (χ0) is 25.6. The van der Waals surface area contributed by atoms with E-state index in [9.17, 15) is 0 Å². The van der Waals surface area contributed by atoms with Gasteiger partial charge in [0.25, 0.3) is 0 Å². The third-order valence-electron chi connectivity index (χ3n) is 8.79. The molecular formula is C29H40N8. The summed E-state index contributed by atoms with van der Waals surface area (Å²) in [6.45, 7) is 12.2. The van der Waals surface area contributed by atoms with Crippen LogP contribution in [-0.4, -0.2) is 70.1 Å². The van der Waals surface area contributed by atoms with Crippen LogP contribution in [0.1, 0.15) is 64.4 Å². The quantitative estimate of drug-likeness (QED) is 0.513. The molecule has 1 N–H and O–H groups in total. The Labute approximate surface area is 220 Å². The number of nitrogens with one attached hydrogen (secondary N) is 1. The van der Waals surface area contributed by atoms with Gasteiger partial charge in [-0.2, -0.15) is 4.98 Å². The average molecular weight is 501 g/mol. The van der Waals surface area contributed by atoms with Gasteiger partial charge in [0, 0.05) is 62.2 Å². The van der Waals surface area contributed by atoms with Crippen molar-refractivity contribution < 1.29 is 0 Å². The number of anilines is 4. The van der Waals surface area contributed by atoms with Crippen LogP contribution in [0.5, 0.6) is 0 Å². The van der Waals surface area contributed by atoms with Crippen molar-refractivity contribution in [2.24, 2.45) is 5.92 Å². The number of hydrogen-bond acceptors (Lipinski definition) is 8. The summed E-state index contributed by atoms with van der Waals surface area (Å²) in [6, 6.07) is 4.11. The summed E-state index contributed by atoms with van der Waals surface area (Å²) < 4.78 is 0. The summed E-state index contributed by atoms with van der Waals surface area (Å²) in [4.78, 5) is 26.6. The molecule has 6 rings (SSSR count). The van der Waals surface area contributed by atoms with Gasteiger partial charge in [-0.15, -0.1) is 0 Å². The van der Waals surface area contributed by atoms with Gasteiger partial charge in [-0.05, 0) is 74.1 Å². The Kier molecular flexibility index (Phi) is 6.39. The zero-order valence-corrected chi connectivity index (χ0v) is 22.7. The summed E-state index contributed by atoms with van der Waals surface area (Å²) in [5.74, 6) is 4.53. The fourth-order valence-corrected chi connectivity index (χ4v) is 6.38. The van der Waals surface area contributed by atoms with Gasteiger partial charge in [-0.25, -0.2) is 15.0 Å². The molecule has 0 aliphatic carbocycles. The number of rotatable bonds is 5. The summed E-state index contributed by atoms with van der Waals surface area (Å²) in [5.41, 5.74) is 1.51. The third-order valence-corrected chi connectivity index (χ3v) is 8.79. The smallest absolute Gasteiger partial charge is 0.227 e. The average Bonchev–Trinajstić information content (AvgIpc) is 2.88. The lowest BCUT2D eigenvalue weighted by Crippen LogP contribution is -2.64. The van der Waals surface area contributed by atoms with Crippen molar-refractivity contribution in [3.05, 3.63) is 36.3 Å². The first-order valence-electron chi connectivity index (χ1n) is 14.0. The van der Waals surface area contributed by atoms with Crippen molar-refractivity contribution in [1.82, 2.24) is 24.8 Å². The Bertz CT molecular complexity index is 1270. The minimum absolute atomic E-state index is 0.256. The number of likely N-dealkylation sites (tertiary alicyclic amines) is 1. The van der Waals surface area contributed by atoms with Crippen LogP contribution in [0.2, 0.25) is 0 Å². The predicted octanol–water partition coefficient (Wildman–Crippen LogP) is 5.20. The first-order valence-corrected chi connectivity index (χ1v) is 14.0. The molecule has 8 heteroatoms. The lowest BCUT2D eigenvalue weighted by Gasteiger charge is -2.57. The van der Waals surface area contributed by atoms with Gasteiger partial charge in [0.05, 0.1) is 0 Å². The van der Waals surface area contributed by atoms with Gasteiger partial charge >= 0.3 is 0 Å². The summed E-state index contributed by atoms with van der Waals surface area (Å²) >= 11 is 0. The van der Waals surface area contributed by atoms with E-state index in [1.165, 1.54) is 43.1 Å². The van der Waals surface area contributed by atoms with Crippen molar-refractivity contribution in [3.8, 4) is 0 Å². The standard InChI is InChI=1S/C29H40N8/c1-20(2)23-17-32-27(37-15-10-29(37)8-13-35(4)14-9-29)24-18-31-26(16-22(23)24)33-25-7-11-30-28(34-25)36-12-5-6-21(3)19-36/h7,11,16-18,20-21H,5-6,8-10,12-15,19H2,1-4H3,(H,30,31,33,34). The Balaban J connectivity index is 1.31. The van der Waals surface area contributed by atoms with E-state index < -0.39 is 0 Å². The molecule has 1 spiro atoms. The van der Waals surface area contributed by atoms with Crippen molar-refractivity contribution in [1.29, 1.82) is 0 Å². The predicted molar refractivity (Wildman–Crippen MR) is 151 cm³/mol. The molecule has 0 amide bonds. The van der Waals surface area contributed by atoms with E-state index in [0.29, 0.717) is 11.8 Å².